The van der Waals surface area contributed by atoms with Gasteiger partial charge in [-0.1, -0.05) is 44.2 Å². The maximum Gasteiger partial charge on any atom is 0.0346 e. The van der Waals surface area contributed by atoms with E-state index in [2.05, 4.69) is 61.3 Å². The second kappa shape index (κ2) is 5.74. The first-order valence-corrected chi connectivity index (χ1v) is 7.31. The topological polar surface area (TPSA) is 12.0 Å². The van der Waals surface area contributed by atoms with Crippen LogP contribution in [0, 0.1) is 5.92 Å². The molecule has 0 aliphatic carbocycles. The van der Waals surface area contributed by atoms with Crippen molar-refractivity contribution < 1.29 is 0 Å². The minimum absolute atomic E-state index is 0.505. The summed E-state index contributed by atoms with van der Waals surface area (Å²) < 4.78 is 0. The number of hydrogen-bond acceptors (Lipinski definition) is 2. The van der Waals surface area contributed by atoms with Crippen molar-refractivity contribution >= 4 is 11.8 Å². The zero-order valence-electron chi connectivity index (χ0n) is 10.1. The molecule has 1 saturated heterocycles. The molecule has 0 saturated carbocycles. The molecule has 2 rings (SSSR count). The van der Waals surface area contributed by atoms with Gasteiger partial charge in [0, 0.05) is 17.8 Å². The molecule has 1 nitrogen and oxygen atoms in total. The summed E-state index contributed by atoms with van der Waals surface area (Å²) in [5.74, 6) is 3.24. The van der Waals surface area contributed by atoms with Gasteiger partial charge in [-0.2, -0.15) is 11.8 Å². The average Bonchev–Trinajstić information content (AvgIpc) is 2.79. The molecule has 0 radical (unpaired) electrons. The Kier molecular flexibility index (Phi) is 4.30. The lowest BCUT2D eigenvalue weighted by molar-refractivity contribution is 0.373. The maximum atomic E-state index is 3.81. The van der Waals surface area contributed by atoms with E-state index in [1.165, 1.54) is 23.5 Å². The van der Waals surface area contributed by atoms with Gasteiger partial charge in [-0.15, -0.1) is 0 Å². The Morgan fingerprint density at radius 3 is 2.56 bits per heavy atom. The van der Waals surface area contributed by atoms with Crippen LogP contribution in [0.3, 0.4) is 0 Å². The van der Waals surface area contributed by atoms with E-state index in [1.54, 1.807) is 0 Å². The van der Waals surface area contributed by atoms with Crippen LogP contribution in [-0.4, -0.2) is 17.5 Å². The number of rotatable bonds is 4. The molecule has 1 aromatic carbocycles. The fourth-order valence-electron chi connectivity index (χ4n) is 2.25. The molecule has 1 heterocycles. The van der Waals surface area contributed by atoms with Crippen LogP contribution in [0.4, 0.5) is 0 Å². The van der Waals surface area contributed by atoms with Gasteiger partial charge < -0.3 is 5.32 Å². The van der Waals surface area contributed by atoms with Gasteiger partial charge in [0.1, 0.15) is 0 Å². The van der Waals surface area contributed by atoms with Crippen LogP contribution in [0.2, 0.25) is 0 Å². The molecule has 1 aliphatic rings. The van der Waals surface area contributed by atoms with Crippen molar-refractivity contribution in [2.75, 3.05) is 11.5 Å². The summed E-state index contributed by atoms with van der Waals surface area (Å²) in [6, 6.07) is 12.0. The summed E-state index contributed by atoms with van der Waals surface area (Å²) in [4.78, 5) is 0. The first-order chi connectivity index (χ1) is 7.77. The van der Waals surface area contributed by atoms with Crippen LogP contribution in [0.1, 0.15) is 31.9 Å². The molecule has 0 bridgehead atoms. The molecule has 2 heteroatoms. The van der Waals surface area contributed by atoms with Crippen molar-refractivity contribution in [1.29, 1.82) is 0 Å². The number of hydrogen-bond donors (Lipinski definition) is 1. The highest BCUT2D eigenvalue weighted by Crippen LogP contribution is 2.25. The molecule has 0 aromatic heterocycles. The van der Waals surface area contributed by atoms with Gasteiger partial charge in [-0.05, 0) is 23.7 Å². The summed E-state index contributed by atoms with van der Waals surface area (Å²) in [5.41, 5.74) is 1.43. The zero-order valence-corrected chi connectivity index (χ0v) is 11.0. The SMILES string of the molecule is CC(C)C(NC1CCSC1)c1ccccc1. The smallest absolute Gasteiger partial charge is 0.0346 e. The van der Waals surface area contributed by atoms with Crippen molar-refractivity contribution in [2.24, 2.45) is 5.92 Å². The highest BCUT2D eigenvalue weighted by atomic mass is 32.2. The molecule has 2 atom stereocenters. The average molecular weight is 235 g/mol. The summed E-state index contributed by atoms with van der Waals surface area (Å²) in [6.45, 7) is 4.60. The minimum Gasteiger partial charge on any atom is -0.306 e. The Morgan fingerprint density at radius 2 is 2.00 bits per heavy atom. The van der Waals surface area contributed by atoms with E-state index >= 15 is 0 Å². The molecule has 1 aliphatic heterocycles. The minimum atomic E-state index is 0.505. The van der Waals surface area contributed by atoms with Crippen LogP contribution in [0.15, 0.2) is 30.3 Å². The Bertz CT molecular complexity index is 304. The van der Waals surface area contributed by atoms with Crippen molar-refractivity contribution in [2.45, 2.75) is 32.4 Å². The molecule has 1 fully saturated rings. The second-order valence-corrected chi connectivity index (χ2v) is 6.01. The third-order valence-corrected chi connectivity index (χ3v) is 4.33. The molecular weight excluding hydrogens is 214 g/mol. The lowest BCUT2D eigenvalue weighted by Crippen LogP contribution is -2.35. The van der Waals surface area contributed by atoms with Crippen LogP contribution in [0.5, 0.6) is 0 Å². The Morgan fingerprint density at radius 1 is 1.25 bits per heavy atom. The third-order valence-electron chi connectivity index (χ3n) is 3.17. The monoisotopic (exact) mass is 235 g/mol. The predicted molar refractivity (Wildman–Crippen MR) is 72.9 cm³/mol. The largest absolute Gasteiger partial charge is 0.306 e. The molecule has 1 N–H and O–H groups in total. The Labute approximate surface area is 103 Å². The van der Waals surface area contributed by atoms with E-state index in [0.29, 0.717) is 18.0 Å². The van der Waals surface area contributed by atoms with E-state index < -0.39 is 0 Å². The lowest BCUT2D eigenvalue weighted by Gasteiger charge is -2.26. The van der Waals surface area contributed by atoms with Crippen LogP contribution < -0.4 is 5.32 Å². The van der Waals surface area contributed by atoms with Gasteiger partial charge in [0.2, 0.25) is 0 Å². The van der Waals surface area contributed by atoms with Gasteiger partial charge in [-0.25, -0.2) is 0 Å². The van der Waals surface area contributed by atoms with E-state index in [0.717, 1.165) is 0 Å². The molecule has 1 aromatic rings. The molecule has 0 amide bonds. The molecular formula is C14H21NS. The van der Waals surface area contributed by atoms with E-state index in [4.69, 9.17) is 0 Å². The Hall–Kier alpha value is -0.470. The summed E-state index contributed by atoms with van der Waals surface area (Å²) in [5, 5.41) is 3.81. The fraction of sp³-hybridized carbons (Fsp3) is 0.571. The second-order valence-electron chi connectivity index (χ2n) is 4.86. The van der Waals surface area contributed by atoms with Crippen molar-refractivity contribution in [3.05, 3.63) is 35.9 Å². The van der Waals surface area contributed by atoms with E-state index in [-0.39, 0.29) is 0 Å². The summed E-state index contributed by atoms with van der Waals surface area (Å²) >= 11 is 2.07. The van der Waals surface area contributed by atoms with E-state index in [1.807, 2.05) is 0 Å². The van der Waals surface area contributed by atoms with Crippen LogP contribution >= 0.6 is 11.8 Å². The van der Waals surface area contributed by atoms with Gasteiger partial charge in [0.05, 0.1) is 0 Å². The van der Waals surface area contributed by atoms with Crippen molar-refractivity contribution in [3.8, 4) is 0 Å². The molecule has 16 heavy (non-hydrogen) atoms. The Balaban J connectivity index is 2.05. The highest BCUT2D eigenvalue weighted by molar-refractivity contribution is 7.99. The quantitative estimate of drug-likeness (QED) is 0.857. The van der Waals surface area contributed by atoms with Crippen molar-refractivity contribution in [3.63, 3.8) is 0 Å². The third kappa shape index (κ3) is 3.02. The number of nitrogens with one attached hydrogen (secondary N) is 1. The summed E-state index contributed by atoms with van der Waals surface area (Å²) in [7, 11) is 0. The van der Waals surface area contributed by atoms with E-state index in [9.17, 15) is 0 Å². The number of thioether (sulfide) groups is 1. The van der Waals surface area contributed by atoms with Gasteiger partial charge in [0.25, 0.3) is 0 Å². The van der Waals surface area contributed by atoms with Crippen LogP contribution in [0.25, 0.3) is 0 Å². The molecule has 0 spiro atoms. The molecule has 2 unspecified atom stereocenters. The molecule has 88 valence electrons. The normalized spacial score (nSPS) is 22.6. The number of benzene rings is 1. The first kappa shape index (κ1) is 12.0. The first-order valence-electron chi connectivity index (χ1n) is 6.16. The highest BCUT2D eigenvalue weighted by Gasteiger charge is 2.22. The zero-order chi connectivity index (χ0) is 11.4. The maximum absolute atomic E-state index is 3.81. The fourth-order valence-corrected chi connectivity index (χ4v) is 3.42. The van der Waals surface area contributed by atoms with Gasteiger partial charge >= 0.3 is 0 Å². The summed E-state index contributed by atoms with van der Waals surface area (Å²) in [6.07, 6.45) is 1.32. The van der Waals surface area contributed by atoms with Gasteiger partial charge in [-0.3, -0.25) is 0 Å². The van der Waals surface area contributed by atoms with Crippen molar-refractivity contribution in [1.82, 2.24) is 5.32 Å². The van der Waals surface area contributed by atoms with Crippen LogP contribution in [-0.2, 0) is 0 Å². The predicted octanol–water partition coefficient (Wildman–Crippen LogP) is 3.48. The van der Waals surface area contributed by atoms with Gasteiger partial charge in [0.15, 0.2) is 0 Å². The lowest BCUT2D eigenvalue weighted by atomic mass is 9.95. The standard InChI is InChI=1S/C14H21NS/c1-11(2)14(12-6-4-3-5-7-12)15-13-8-9-16-10-13/h3-7,11,13-15H,8-10H2,1-2H3.